The van der Waals surface area contributed by atoms with Gasteiger partial charge in [0.1, 0.15) is 5.75 Å². The average molecular weight is 445 g/mol. The number of hydrogen-bond acceptors (Lipinski definition) is 6. The number of anilines is 1. The molecule has 1 amide bonds. The third-order valence-electron chi connectivity index (χ3n) is 5.23. The van der Waals surface area contributed by atoms with E-state index in [1.807, 2.05) is 42.5 Å². The number of nitrogens with zero attached hydrogens (tertiary/aromatic N) is 3. The molecule has 2 aromatic carbocycles. The highest BCUT2D eigenvalue weighted by molar-refractivity contribution is 7.17. The lowest BCUT2D eigenvalue weighted by molar-refractivity contribution is -0.123. The molecule has 162 valence electrons. The van der Waals surface area contributed by atoms with Crippen LogP contribution in [-0.2, 0) is 4.79 Å². The van der Waals surface area contributed by atoms with E-state index in [9.17, 15) is 4.79 Å². The van der Waals surface area contributed by atoms with Gasteiger partial charge >= 0.3 is 0 Å². The molecule has 1 fully saturated rings. The summed E-state index contributed by atoms with van der Waals surface area (Å²) in [5.41, 5.74) is 5.16. The lowest BCUT2D eigenvalue weighted by atomic mass is 10.0. The molecule has 2 heterocycles. The van der Waals surface area contributed by atoms with Gasteiger partial charge in [-0.3, -0.25) is 4.79 Å². The fraction of sp³-hybridized carbons (Fsp3) is 0.240. The number of nitriles is 1. The second-order valence-electron chi connectivity index (χ2n) is 7.52. The van der Waals surface area contributed by atoms with E-state index in [2.05, 4.69) is 27.6 Å². The Labute approximate surface area is 191 Å². The Bertz CT molecular complexity index is 1110. The topological polar surface area (TPSA) is 77.7 Å². The van der Waals surface area contributed by atoms with Crippen LogP contribution in [0.5, 0.6) is 5.75 Å². The minimum absolute atomic E-state index is 0.114. The van der Waals surface area contributed by atoms with Crippen molar-refractivity contribution in [3.63, 3.8) is 0 Å². The Morgan fingerprint density at radius 3 is 2.41 bits per heavy atom. The molecule has 0 saturated carbocycles. The SMILES string of the molecule is N#Cc1ccc(-c2ccc(OCC(=O)N/N=C\c3ccc(N4CCCCC4)s3)cc2)cc1. The smallest absolute Gasteiger partial charge is 0.277 e. The van der Waals surface area contributed by atoms with Crippen LogP contribution in [0.3, 0.4) is 0 Å². The summed E-state index contributed by atoms with van der Waals surface area (Å²) >= 11 is 1.68. The normalized spacial score (nSPS) is 13.7. The maximum Gasteiger partial charge on any atom is 0.277 e. The summed E-state index contributed by atoms with van der Waals surface area (Å²) in [4.78, 5) is 15.4. The summed E-state index contributed by atoms with van der Waals surface area (Å²) in [6.07, 6.45) is 5.47. The number of hydrazone groups is 1. The second kappa shape index (κ2) is 10.6. The van der Waals surface area contributed by atoms with E-state index >= 15 is 0 Å². The van der Waals surface area contributed by atoms with Crippen molar-refractivity contribution < 1.29 is 9.53 Å². The van der Waals surface area contributed by atoms with Crippen LogP contribution in [0.4, 0.5) is 5.00 Å². The number of hydrogen-bond donors (Lipinski definition) is 1. The largest absolute Gasteiger partial charge is 0.484 e. The highest BCUT2D eigenvalue weighted by Gasteiger charge is 2.12. The Kier molecular flexibility index (Phi) is 7.15. The van der Waals surface area contributed by atoms with E-state index < -0.39 is 0 Å². The van der Waals surface area contributed by atoms with Crippen molar-refractivity contribution >= 4 is 28.5 Å². The second-order valence-corrected chi connectivity index (χ2v) is 8.61. The molecular weight excluding hydrogens is 420 g/mol. The van der Waals surface area contributed by atoms with Crippen LogP contribution in [0, 0.1) is 11.3 Å². The van der Waals surface area contributed by atoms with Crippen LogP contribution in [0.1, 0.15) is 29.7 Å². The number of benzene rings is 2. The number of carbonyl (C=O) groups excluding carboxylic acids is 1. The highest BCUT2D eigenvalue weighted by Crippen LogP contribution is 2.27. The number of nitrogens with one attached hydrogen (secondary N) is 1. The molecule has 1 saturated heterocycles. The van der Waals surface area contributed by atoms with Crippen LogP contribution in [0.2, 0.25) is 0 Å². The van der Waals surface area contributed by atoms with Crippen molar-refractivity contribution in [2.75, 3.05) is 24.6 Å². The van der Waals surface area contributed by atoms with Gasteiger partial charge in [0.15, 0.2) is 6.61 Å². The molecule has 0 unspecified atom stereocenters. The molecule has 0 radical (unpaired) electrons. The number of amides is 1. The third-order valence-corrected chi connectivity index (χ3v) is 6.31. The molecule has 0 atom stereocenters. The van der Waals surface area contributed by atoms with Gasteiger partial charge in [-0.2, -0.15) is 10.4 Å². The number of ether oxygens (including phenoxy) is 1. The minimum Gasteiger partial charge on any atom is -0.484 e. The molecule has 3 aromatic rings. The summed E-state index contributed by atoms with van der Waals surface area (Å²) in [6.45, 7) is 2.11. The summed E-state index contributed by atoms with van der Waals surface area (Å²) in [6, 6.07) is 21.1. The van der Waals surface area contributed by atoms with Crippen molar-refractivity contribution in [3.8, 4) is 22.9 Å². The Hall–Kier alpha value is -3.63. The number of carbonyl (C=O) groups is 1. The first-order chi connectivity index (χ1) is 15.7. The van der Waals surface area contributed by atoms with Gasteiger partial charge in [0.05, 0.1) is 22.8 Å². The molecule has 1 aliphatic heterocycles. The highest BCUT2D eigenvalue weighted by atomic mass is 32.1. The summed E-state index contributed by atoms with van der Waals surface area (Å²) in [5.74, 6) is 0.288. The quantitative estimate of drug-likeness (QED) is 0.419. The van der Waals surface area contributed by atoms with Crippen LogP contribution in [0.25, 0.3) is 11.1 Å². The average Bonchev–Trinajstić information content (AvgIpc) is 3.33. The van der Waals surface area contributed by atoms with E-state index in [0.717, 1.165) is 29.1 Å². The molecule has 1 N–H and O–H groups in total. The number of thiophene rings is 1. The van der Waals surface area contributed by atoms with Crippen molar-refractivity contribution in [1.29, 1.82) is 5.26 Å². The van der Waals surface area contributed by atoms with Gasteiger partial charge in [-0.1, -0.05) is 24.3 Å². The van der Waals surface area contributed by atoms with E-state index in [1.165, 1.54) is 24.3 Å². The maximum absolute atomic E-state index is 12.0. The van der Waals surface area contributed by atoms with Crippen LogP contribution < -0.4 is 15.1 Å². The van der Waals surface area contributed by atoms with Gasteiger partial charge in [-0.25, -0.2) is 5.43 Å². The Balaban J connectivity index is 1.23. The third kappa shape index (κ3) is 5.74. The van der Waals surface area contributed by atoms with Gasteiger partial charge in [-0.05, 0) is 66.8 Å². The summed E-state index contributed by atoms with van der Waals surface area (Å²) in [7, 11) is 0. The standard InChI is InChI=1S/C25H24N4O2S/c26-16-19-4-6-20(7-5-19)21-8-10-22(11-9-21)31-18-24(30)28-27-17-23-12-13-25(32-23)29-14-2-1-3-15-29/h4-13,17H,1-3,14-15,18H2,(H,28,30)/b27-17-. The first-order valence-corrected chi connectivity index (χ1v) is 11.4. The zero-order valence-electron chi connectivity index (χ0n) is 17.7. The molecule has 0 spiro atoms. The first kappa shape index (κ1) is 21.6. The lowest BCUT2D eigenvalue weighted by Crippen LogP contribution is -2.28. The number of piperidine rings is 1. The fourth-order valence-corrected chi connectivity index (χ4v) is 4.46. The van der Waals surface area contributed by atoms with E-state index in [4.69, 9.17) is 10.00 Å². The van der Waals surface area contributed by atoms with E-state index in [0.29, 0.717) is 11.3 Å². The van der Waals surface area contributed by atoms with Crippen LogP contribution >= 0.6 is 11.3 Å². The summed E-state index contributed by atoms with van der Waals surface area (Å²) < 4.78 is 5.55. The molecule has 7 heteroatoms. The van der Waals surface area contributed by atoms with Gasteiger partial charge in [-0.15, -0.1) is 11.3 Å². The zero-order valence-corrected chi connectivity index (χ0v) is 18.5. The molecule has 6 nitrogen and oxygen atoms in total. The molecular formula is C25H24N4O2S. The first-order valence-electron chi connectivity index (χ1n) is 10.6. The molecule has 0 bridgehead atoms. The Morgan fingerprint density at radius 2 is 1.72 bits per heavy atom. The molecule has 0 aliphatic carbocycles. The lowest BCUT2D eigenvalue weighted by Gasteiger charge is -2.27. The van der Waals surface area contributed by atoms with E-state index in [-0.39, 0.29) is 12.5 Å². The minimum atomic E-state index is -0.315. The molecule has 32 heavy (non-hydrogen) atoms. The molecule has 1 aliphatic rings. The summed E-state index contributed by atoms with van der Waals surface area (Å²) in [5, 5.41) is 14.2. The maximum atomic E-state index is 12.0. The van der Waals surface area contributed by atoms with Crippen molar-refractivity contribution in [3.05, 3.63) is 71.1 Å². The van der Waals surface area contributed by atoms with Gasteiger partial charge in [0, 0.05) is 18.0 Å². The Morgan fingerprint density at radius 1 is 1.03 bits per heavy atom. The van der Waals surface area contributed by atoms with E-state index in [1.54, 1.807) is 29.7 Å². The molecule has 4 rings (SSSR count). The number of rotatable bonds is 7. The van der Waals surface area contributed by atoms with Crippen molar-refractivity contribution in [1.82, 2.24) is 5.43 Å². The molecule has 1 aromatic heterocycles. The fourth-order valence-electron chi connectivity index (χ4n) is 3.53. The van der Waals surface area contributed by atoms with Crippen LogP contribution in [0.15, 0.2) is 65.8 Å². The van der Waals surface area contributed by atoms with Gasteiger partial charge in [0.2, 0.25) is 0 Å². The van der Waals surface area contributed by atoms with Crippen molar-refractivity contribution in [2.24, 2.45) is 5.10 Å². The van der Waals surface area contributed by atoms with Gasteiger partial charge in [0.25, 0.3) is 5.91 Å². The monoisotopic (exact) mass is 444 g/mol. The van der Waals surface area contributed by atoms with Gasteiger partial charge < -0.3 is 9.64 Å². The van der Waals surface area contributed by atoms with Crippen molar-refractivity contribution in [2.45, 2.75) is 19.3 Å². The van der Waals surface area contributed by atoms with Crippen LogP contribution in [-0.4, -0.2) is 31.8 Å². The predicted molar refractivity (Wildman–Crippen MR) is 128 cm³/mol. The predicted octanol–water partition coefficient (Wildman–Crippen LogP) is 4.81. The zero-order chi connectivity index (χ0) is 22.2.